The highest BCUT2D eigenvalue weighted by atomic mass is 35.5. The predicted molar refractivity (Wildman–Crippen MR) is 91.5 cm³/mol. The Morgan fingerprint density at radius 3 is 2.57 bits per heavy atom. The van der Waals surface area contributed by atoms with E-state index in [0.717, 1.165) is 5.56 Å². The summed E-state index contributed by atoms with van der Waals surface area (Å²) >= 11 is 17.1. The van der Waals surface area contributed by atoms with Gasteiger partial charge in [0.15, 0.2) is 0 Å². The normalized spacial score (nSPS) is 10.2. The third-order valence-corrected chi connectivity index (χ3v) is 3.89. The van der Waals surface area contributed by atoms with E-state index in [9.17, 15) is 4.79 Å². The first-order valence-corrected chi connectivity index (χ1v) is 7.22. The Hall–Kier alpha value is -1.62. The average Bonchev–Trinajstić information content (AvgIpc) is 2.41. The topological polar surface area (TPSA) is 55.1 Å². The second-order valence-corrected chi connectivity index (χ2v) is 5.70. The van der Waals surface area contributed by atoms with Crippen molar-refractivity contribution in [1.82, 2.24) is 0 Å². The predicted octanol–water partition coefficient (Wildman–Crippen LogP) is 4.19. The lowest BCUT2D eigenvalue weighted by atomic mass is 10.1. The van der Waals surface area contributed by atoms with Gasteiger partial charge in [0.2, 0.25) is 0 Å². The number of amides is 1. The molecule has 2 aromatic rings. The Labute approximate surface area is 138 Å². The van der Waals surface area contributed by atoms with Crippen molar-refractivity contribution in [1.29, 1.82) is 0 Å². The Kier molecular flexibility index (Phi) is 4.83. The van der Waals surface area contributed by atoms with Crippen molar-refractivity contribution >= 4 is 52.0 Å². The Morgan fingerprint density at radius 2 is 1.90 bits per heavy atom. The number of hydrogen-bond acceptors (Lipinski definition) is 2. The number of benzene rings is 2. The van der Waals surface area contributed by atoms with E-state index >= 15 is 0 Å². The standard InChI is InChI=1S/C15H12Cl2N2OS/c1-8-3-2-4-11(13(8)17)15(20)19-12-7-9(16)5-6-10(12)14(18)21/h2-7H,1H3,(H2,18,21)(H,19,20). The van der Waals surface area contributed by atoms with Crippen LogP contribution in [0.4, 0.5) is 5.69 Å². The van der Waals surface area contributed by atoms with Crippen LogP contribution in [0.3, 0.4) is 0 Å². The van der Waals surface area contributed by atoms with Gasteiger partial charge in [0, 0.05) is 10.6 Å². The van der Waals surface area contributed by atoms with Crippen LogP contribution in [0.15, 0.2) is 36.4 Å². The fourth-order valence-corrected chi connectivity index (χ4v) is 2.41. The molecule has 21 heavy (non-hydrogen) atoms. The molecular weight excluding hydrogens is 327 g/mol. The molecule has 0 fully saturated rings. The second kappa shape index (κ2) is 6.43. The van der Waals surface area contributed by atoms with Crippen molar-refractivity contribution < 1.29 is 4.79 Å². The molecule has 2 rings (SSSR count). The van der Waals surface area contributed by atoms with Gasteiger partial charge in [0.05, 0.1) is 16.3 Å². The molecule has 0 aliphatic rings. The van der Waals surface area contributed by atoms with Crippen molar-refractivity contribution in [2.75, 3.05) is 5.32 Å². The molecule has 0 spiro atoms. The highest BCUT2D eigenvalue weighted by Gasteiger charge is 2.14. The summed E-state index contributed by atoms with van der Waals surface area (Å²) in [4.78, 5) is 12.5. The molecule has 1 amide bonds. The van der Waals surface area contributed by atoms with Crippen molar-refractivity contribution in [3.8, 4) is 0 Å². The van der Waals surface area contributed by atoms with Gasteiger partial charge in [0.25, 0.3) is 5.91 Å². The zero-order valence-corrected chi connectivity index (χ0v) is 13.4. The molecule has 3 nitrogen and oxygen atoms in total. The Balaban J connectivity index is 2.38. The molecule has 0 aliphatic carbocycles. The number of hydrogen-bond donors (Lipinski definition) is 2. The minimum Gasteiger partial charge on any atom is -0.389 e. The fourth-order valence-electron chi connectivity index (χ4n) is 1.85. The molecule has 3 N–H and O–H groups in total. The lowest BCUT2D eigenvalue weighted by Crippen LogP contribution is -2.18. The monoisotopic (exact) mass is 338 g/mol. The van der Waals surface area contributed by atoms with E-state index in [1.165, 1.54) is 0 Å². The molecule has 0 aromatic heterocycles. The highest BCUT2D eigenvalue weighted by Crippen LogP contribution is 2.24. The first-order valence-electron chi connectivity index (χ1n) is 6.06. The smallest absolute Gasteiger partial charge is 0.257 e. The number of thiocarbonyl (C=S) groups is 1. The van der Waals surface area contributed by atoms with Crippen molar-refractivity contribution in [3.63, 3.8) is 0 Å². The Bertz CT molecular complexity index is 732. The number of anilines is 1. The third-order valence-electron chi connectivity index (χ3n) is 2.93. The molecule has 6 heteroatoms. The number of rotatable bonds is 3. The van der Waals surface area contributed by atoms with Gasteiger partial charge in [-0.1, -0.05) is 47.6 Å². The minimum absolute atomic E-state index is 0.178. The number of halogens is 2. The van der Waals surface area contributed by atoms with Gasteiger partial charge in [-0.05, 0) is 36.8 Å². The van der Waals surface area contributed by atoms with E-state index < -0.39 is 0 Å². The molecule has 0 atom stereocenters. The number of nitrogens with two attached hydrogens (primary N) is 1. The largest absolute Gasteiger partial charge is 0.389 e. The molecule has 2 aromatic carbocycles. The maximum Gasteiger partial charge on any atom is 0.257 e. The van der Waals surface area contributed by atoms with Crippen molar-refractivity contribution in [2.24, 2.45) is 5.73 Å². The molecule has 0 heterocycles. The van der Waals surface area contributed by atoms with E-state index in [4.69, 9.17) is 41.2 Å². The van der Waals surface area contributed by atoms with E-state index in [2.05, 4.69) is 5.32 Å². The van der Waals surface area contributed by atoms with Gasteiger partial charge < -0.3 is 11.1 Å². The number of aryl methyl sites for hydroxylation is 1. The van der Waals surface area contributed by atoms with Crippen LogP contribution in [0.1, 0.15) is 21.5 Å². The molecule has 0 saturated heterocycles. The average molecular weight is 339 g/mol. The summed E-state index contributed by atoms with van der Waals surface area (Å²) in [5.41, 5.74) is 7.85. The Morgan fingerprint density at radius 1 is 1.19 bits per heavy atom. The van der Waals surface area contributed by atoms with Gasteiger partial charge in [-0.15, -0.1) is 0 Å². The van der Waals surface area contributed by atoms with Crippen LogP contribution >= 0.6 is 35.4 Å². The summed E-state index contributed by atoms with van der Waals surface area (Å²) in [6, 6.07) is 10.2. The summed E-state index contributed by atoms with van der Waals surface area (Å²) in [7, 11) is 0. The molecule has 0 aliphatic heterocycles. The third kappa shape index (κ3) is 3.53. The van der Waals surface area contributed by atoms with E-state index in [0.29, 0.717) is 26.9 Å². The van der Waals surface area contributed by atoms with E-state index in [1.54, 1.807) is 30.3 Å². The number of nitrogens with one attached hydrogen (secondary N) is 1. The quantitative estimate of drug-likeness (QED) is 0.825. The van der Waals surface area contributed by atoms with Crippen molar-refractivity contribution in [2.45, 2.75) is 6.92 Å². The fraction of sp³-hybridized carbons (Fsp3) is 0.0667. The van der Waals surface area contributed by atoms with E-state index in [1.807, 2.05) is 13.0 Å². The maximum absolute atomic E-state index is 12.4. The molecule has 0 saturated carbocycles. The summed E-state index contributed by atoms with van der Waals surface area (Å²) in [5, 5.41) is 3.63. The number of carbonyl (C=O) groups is 1. The van der Waals surface area contributed by atoms with E-state index in [-0.39, 0.29) is 10.9 Å². The van der Waals surface area contributed by atoms with Crippen LogP contribution in [0.2, 0.25) is 10.0 Å². The van der Waals surface area contributed by atoms with Gasteiger partial charge in [-0.2, -0.15) is 0 Å². The highest BCUT2D eigenvalue weighted by molar-refractivity contribution is 7.80. The summed E-state index contributed by atoms with van der Waals surface area (Å²) in [5.74, 6) is -0.344. The van der Waals surface area contributed by atoms with Gasteiger partial charge in [-0.3, -0.25) is 4.79 Å². The molecule has 108 valence electrons. The van der Waals surface area contributed by atoms with Crippen LogP contribution in [-0.4, -0.2) is 10.9 Å². The first kappa shape index (κ1) is 15.8. The van der Waals surface area contributed by atoms with Crippen LogP contribution < -0.4 is 11.1 Å². The van der Waals surface area contributed by atoms with Gasteiger partial charge >= 0.3 is 0 Å². The maximum atomic E-state index is 12.4. The molecular formula is C15H12Cl2N2OS. The lowest BCUT2D eigenvalue weighted by Gasteiger charge is -2.12. The minimum atomic E-state index is -0.344. The van der Waals surface area contributed by atoms with Gasteiger partial charge in [0.1, 0.15) is 4.99 Å². The summed E-state index contributed by atoms with van der Waals surface area (Å²) in [6.45, 7) is 1.83. The SMILES string of the molecule is Cc1cccc(C(=O)Nc2cc(Cl)ccc2C(N)=S)c1Cl. The van der Waals surface area contributed by atoms with Crippen LogP contribution in [0.5, 0.6) is 0 Å². The zero-order chi connectivity index (χ0) is 15.6. The molecule has 0 radical (unpaired) electrons. The summed E-state index contributed by atoms with van der Waals surface area (Å²) in [6.07, 6.45) is 0. The zero-order valence-electron chi connectivity index (χ0n) is 11.1. The lowest BCUT2D eigenvalue weighted by molar-refractivity contribution is 0.102. The summed E-state index contributed by atoms with van der Waals surface area (Å²) < 4.78 is 0. The molecule has 0 unspecified atom stereocenters. The first-order chi connectivity index (χ1) is 9.90. The number of carbonyl (C=O) groups excluding carboxylic acids is 1. The van der Waals surface area contributed by atoms with Crippen LogP contribution in [0, 0.1) is 6.92 Å². The van der Waals surface area contributed by atoms with Crippen LogP contribution in [0.25, 0.3) is 0 Å². The van der Waals surface area contributed by atoms with Crippen molar-refractivity contribution in [3.05, 3.63) is 63.1 Å². The molecule has 0 bridgehead atoms. The second-order valence-electron chi connectivity index (χ2n) is 4.44. The van der Waals surface area contributed by atoms with Gasteiger partial charge in [-0.25, -0.2) is 0 Å². The van der Waals surface area contributed by atoms with Crippen LogP contribution in [-0.2, 0) is 0 Å².